The molecule has 1 N–H and O–H groups in total. The first-order chi connectivity index (χ1) is 10.8. The molecule has 1 aromatic carbocycles. The van der Waals surface area contributed by atoms with E-state index in [1.54, 1.807) is 11.8 Å². The minimum absolute atomic E-state index is 0.924. The van der Waals surface area contributed by atoms with Gasteiger partial charge in [-0.3, -0.25) is 5.43 Å². The van der Waals surface area contributed by atoms with Gasteiger partial charge in [-0.1, -0.05) is 18.2 Å². The normalized spacial score (nSPS) is 14.5. The fraction of sp³-hybridized carbons (Fsp3) is 0.333. The van der Waals surface area contributed by atoms with Crippen LogP contribution in [0, 0.1) is 0 Å². The summed E-state index contributed by atoms with van der Waals surface area (Å²) in [6.07, 6.45) is 7.00. The van der Waals surface area contributed by atoms with E-state index in [4.69, 9.17) is 4.98 Å². The lowest BCUT2D eigenvalue weighted by atomic mass is 9.92. The van der Waals surface area contributed by atoms with Crippen LogP contribution in [0.5, 0.6) is 0 Å². The average Bonchev–Trinajstić information content (AvgIpc) is 2.59. The molecule has 0 spiro atoms. The number of benzene rings is 1. The SMILES string of the molecule is CSc1nc(/C(C)=N/Nc2ccccc2)cc2c1CCCC2. The molecule has 0 radical (unpaired) electrons. The lowest BCUT2D eigenvalue weighted by molar-refractivity contribution is 0.667. The van der Waals surface area contributed by atoms with Crippen LogP contribution in [-0.4, -0.2) is 17.0 Å². The summed E-state index contributed by atoms with van der Waals surface area (Å²) >= 11 is 1.74. The van der Waals surface area contributed by atoms with Gasteiger partial charge in [0.15, 0.2) is 0 Å². The first-order valence-corrected chi connectivity index (χ1v) is 8.93. The van der Waals surface area contributed by atoms with Crippen LogP contribution in [0.4, 0.5) is 5.69 Å². The summed E-state index contributed by atoms with van der Waals surface area (Å²) in [5.74, 6) is 0. The molecule has 1 aromatic heterocycles. The number of fused-ring (bicyclic) bond motifs is 1. The van der Waals surface area contributed by atoms with Gasteiger partial charge in [-0.15, -0.1) is 11.8 Å². The molecule has 1 aliphatic rings. The highest BCUT2D eigenvalue weighted by molar-refractivity contribution is 7.98. The van der Waals surface area contributed by atoms with Crippen molar-refractivity contribution >= 4 is 23.2 Å². The van der Waals surface area contributed by atoms with Gasteiger partial charge >= 0.3 is 0 Å². The topological polar surface area (TPSA) is 37.3 Å². The third kappa shape index (κ3) is 3.33. The van der Waals surface area contributed by atoms with Crippen LogP contribution in [0.1, 0.15) is 36.6 Å². The highest BCUT2D eigenvalue weighted by Gasteiger charge is 2.16. The fourth-order valence-corrected chi connectivity index (χ4v) is 3.45. The Labute approximate surface area is 136 Å². The number of thioether (sulfide) groups is 1. The Balaban J connectivity index is 1.87. The number of nitrogens with one attached hydrogen (secondary N) is 1. The van der Waals surface area contributed by atoms with E-state index in [2.05, 4.69) is 22.8 Å². The van der Waals surface area contributed by atoms with Crippen molar-refractivity contribution in [1.82, 2.24) is 4.98 Å². The number of anilines is 1. The maximum Gasteiger partial charge on any atom is 0.1000 e. The van der Waals surface area contributed by atoms with Crippen molar-refractivity contribution in [3.63, 3.8) is 0 Å². The number of nitrogens with zero attached hydrogens (tertiary/aromatic N) is 2. The molecule has 0 amide bonds. The van der Waals surface area contributed by atoms with Crippen LogP contribution in [0.3, 0.4) is 0 Å². The molecule has 4 heteroatoms. The first-order valence-electron chi connectivity index (χ1n) is 7.70. The Hall–Kier alpha value is -1.81. The molecule has 0 fully saturated rings. The monoisotopic (exact) mass is 311 g/mol. The maximum atomic E-state index is 4.81. The van der Waals surface area contributed by atoms with Crippen molar-refractivity contribution in [2.75, 3.05) is 11.7 Å². The third-order valence-electron chi connectivity index (χ3n) is 3.99. The van der Waals surface area contributed by atoms with Crippen molar-refractivity contribution < 1.29 is 0 Å². The van der Waals surface area contributed by atoms with E-state index >= 15 is 0 Å². The van der Waals surface area contributed by atoms with Crippen LogP contribution in [0.15, 0.2) is 46.5 Å². The second-order valence-corrected chi connectivity index (χ2v) is 6.33. The van der Waals surface area contributed by atoms with E-state index < -0.39 is 0 Å². The summed E-state index contributed by atoms with van der Waals surface area (Å²) in [5, 5.41) is 5.65. The average molecular weight is 311 g/mol. The standard InChI is InChI=1S/C18H21N3S/c1-13(20-21-15-9-4-3-5-10-15)17-12-14-8-6-7-11-16(14)18(19-17)22-2/h3-5,9-10,12,21H,6-8,11H2,1-2H3/b20-13+. The van der Waals surface area contributed by atoms with Crippen molar-refractivity contribution in [3.05, 3.63) is 53.2 Å². The van der Waals surface area contributed by atoms with Crippen molar-refractivity contribution in [2.24, 2.45) is 5.10 Å². The molecule has 0 unspecified atom stereocenters. The minimum Gasteiger partial charge on any atom is -0.278 e. The Bertz CT molecular complexity index is 663. The van der Waals surface area contributed by atoms with Gasteiger partial charge in [0.25, 0.3) is 0 Å². The molecule has 1 aliphatic carbocycles. The second kappa shape index (κ2) is 6.97. The zero-order valence-electron chi connectivity index (χ0n) is 13.1. The Morgan fingerprint density at radius 3 is 2.73 bits per heavy atom. The summed E-state index contributed by atoms with van der Waals surface area (Å²) in [5.41, 5.74) is 8.90. The maximum absolute atomic E-state index is 4.81. The predicted molar refractivity (Wildman–Crippen MR) is 94.9 cm³/mol. The molecule has 114 valence electrons. The molecule has 2 aromatic rings. The van der Waals surface area contributed by atoms with Crippen molar-refractivity contribution in [2.45, 2.75) is 37.6 Å². The first kappa shape index (κ1) is 15.1. The number of hydrogen-bond donors (Lipinski definition) is 1. The van der Waals surface area contributed by atoms with Crippen LogP contribution >= 0.6 is 11.8 Å². The number of aryl methyl sites for hydroxylation is 1. The number of hydrogen-bond acceptors (Lipinski definition) is 4. The lowest BCUT2D eigenvalue weighted by Crippen LogP contribution is -2.11. The van der Waals surface area contributed by atoms with E-state index in [0.29, 0.717) is 0 Å². The molecule has 0 saturated carbocycles. The van der Waals surface area contributed by atoms with Gasteiger partial charge in [0.05, 0.1) is 22.1 Å². The number of aromatic nitrogens is 1. The third-order valence-corrected chi connectivity index (χ3v) is 4.72. The molecular formula is C18H21N3S. The van der Waals surface area contributed by atoms with Crippen LogP contribution < -0.4 is 5.43 Å². The molecule has 0 saturated heterocycles. The number of rotatable bonds is 4. The van der Waals surface area contributed by atoms with Crippen LogP contribution in [0.2, 0.25) is 0 Å². The Morgan fingerprint density at radius 1 is 1.18 bits per heavy atom. The molecule has 1 heterocycles. The van der Waals surface area contributed by atoms with Gasteiger partial charge in [0.1, 0.15) is 0 Å². The molecule has 0 atom stereocenters. The summed E-state index contributed by atoms with van der Waals surface area (Å²) in [7, 11) is 0. The van der Waals surface area contributed by atoms with Gasteiger partial charge in [0, 0.05) is 0 Å². The van der Waals surface area contributed by atoms with Gasteiger partial charge in [-0.2, -0.15) is 5.10 Å². The Morgan fingerprint density at radius 2 is 1.95 bits per heavy atom. The van der Waals surface area contributed by atoms with E-state index in [0.717, 1.165) is 29.9 Å². The van der Waals surface area contributed by atoms with Crippen molar-refractivity contribution in [3.8, 4) is 0 Å². The van der Waals surface area contributed by atoms with Crippen LogP contribution in [-0.2, 0) is 12.8 Å². The predicted octanol–water partition coefficient (Wildman–Crippen LogP) is 4.52. The molecule has 3 nitrogen and oxygen atoms in total. The van der Waals surface area contributed by atoms with E-state index in [1.807, 2.05) is 37.3 Å². The molecule has 22 heavy (non-hydrogen) atoms. The van der Waals surface area contributed by atoms with E-state index in [1.165, 1.54) is 29.0 Å². The van der Waals surface area contributed by atoms with Gasteiger partial charge < -0.3 is 0 Å². The van der Waals surface area contributed by atoms with Crippen molar-refractivity contribution in [1.29, 1.82) is 0 Å². The largest absolute Gasteiger partial charge is 0.278 e. The summed E-state index contributed by atoms with van der Waals surface area (Å²) in [6, 6.07) is 12.2. The van der Waals surface area contributed by atoms with Gasteiger partial charge in [-0.05, 0) is 68.2 Å². The zero-order chi connectivity index (χ0) is 15.4. The summed E-state index contributed by atoms with van der Waals surface area (Å²) in [6.45, 7) is 2.01. The number of para-hydroxylation sites is 1. The molecular weight excluding hydrogens is 290 g/mol. The Kier molecular flexibility index (Phi) is 4.78. The summed E-state index contributed by atoms with van der Waals surface area (Å²) < 4.78 is 0. The smallest absolute Gasteiger partial charge is 0.1000 e. The lowest BCUT2D eigenvalue weighted by Gasteiger charge is -2.19. The van der Waals surface area contributed by atoms with E-state index in [-0.39, 0.29) is 0 Å². The fourth-order valence-electron chi connectivity index (χ4n) is 2.78. The van der Waals surface area contributed by atoms with Crippen LogP contribution in [0.25, 0.3) is 0 Å². The highest BCUT2D eigenvalue weighted by atomic mass is 32.2. The molecule has 0 bridgehead atoms. The van der Waals surface area contributed by atoms with Gasteiger partial charge in [0.2, 0.25) is 0 Å². The molecule has 0 aliphatic heterocycles. The minimum atomic E-state index is 0.924. The van der Waals surface area contributed by atoms with E-state index in [9.17, 15) is 0 Å². The van der Waals surface area contributed by atoms with Gasteiger partial charge in [-0.25, -0.2) is 4.98 Å². The number of hydrazone groups is 1. The highest BCUT2D eigenvalue weighted by Crippen LogP contribution is 2.29. The quantitative estimate of drug-likeness (QED) is 0.512. The number of pyridine rings is 1. The second-order valence-electron chi connectivity index (χ2n) is 5.54. The zero-order valence-corrected chi connectivity index (χ0v) is 13.9. The summed E-state index contributed by atoms with van der Waals surface area (Å²) in [4.78, 5) is 4.81. The molecule has 3 rings (SSSR count).